The molecule has 106 valence electrons. The molecule has 1 aliphatic carbocycles. The minimum atomic E-state index is -0.577. The van der Waals surface area contributed by atoms with Crippen LogP contribution in [-0.4, -0.2) is 29.5 Å². The molecule has 3 N–H and O–H groups in total. The van der Waals surface area contributed by atoms with Gasteiger partial charge in [0.25, 0.3) is 0 Å². The van der Waals surface area contributed by atoms with E-state index in [1.54, 1.807) is 0 Å². The molecule has 1 saturated carbocycles. The van der Waals surface area contributed by atoms with E-state index >= 15 is 0 Å². The highest BCUT2D eigenvalue weighted by molar-refractivity contribution is 5.02. The van der Waals surface area contributed by atoms with E-state index in [1.165, 1.54) is 0 Å². The number of hydrogen-bond acceptors (Lipinski definition) is 3. The van der Waals surface area contributed by atoms with E-state index in [1.807, 2.05) is 13.2 Å². The van der Waals surface area contributed by atoms with Gasteiger partial charge in [0.2, 0.25) is 0 Å². The van der Waals surface area contributed by atoms with Crippen molar-refractivity contribution in [3.63, 3.8) is 0 Å². The Morgan fingerprint density at radius 2 is 2.06 bits per heavy atom. The number of rotatable bonds is 5. The third-order valence-electron chi connectivity index (χ3n) is 5.17. The maximum absolute atomic E-state index is 10.8. The van der Waals surface area contributed by atoms with Gasteiger partial charge in [0, 0.05) is 13.7 Å². The molecule has 0 radical (unpaired) electrons. The summed E-state index contributed by atoms with van der Waals surface area (Å²) in [7, 11) is 1.88. The van der Waals surface area contributed by atoms with Crippen LogP contribution in [-0.2, 0) is 0 Å². The SMILES string of the molecule is CCC1(O)CCC(C)(CO)C(C)C1C/C=C\NC. The van der Waals surface area contributed by atoms with Crippen LogP contribution in [0.3, 0.4) is 0 Å². The van der Waals surface area contributed by atoms with E-state index in [-0.39, 0.29) is 17.9 Å². The monoisotopic (exact) mass is 255 g/mol. The fourth-order valence-corrected chi connectivity index (χ4v) is 3.28. The third kappa shape index (κ3) is 2.89. The summed E-state index contributed by atoms with van der Waals surface area (Å²) in [6.07, 6.45) is 7.36. The van der Waals surface area contributed by atoms with Crippen LogP contribution < -0.4 is 5.32 Å². The van der Waals surface area contributed by atoms with Crippen LogP contribution in [0, 0.1) is 17.3 Å². The van der Waals surface area contributed by atoms with Crippen LogP contribution in [0.2, 0.25) is 0 Å². The van der Waals surface area contributed by atoms with Gasteiger partial charge in [-0.25, -0.2) is 0 Å². The summed E-state index contributed by atoms with van der Waals surface area (Å²) in [6.45, 7) is 6.58. The van der Waals surface area contributed by atoms with Gasteiger partial charge in [0.15, 0.2) is 0 Å². The maximum atomic E-state index is 10.8. The van der Waals surface area contributed by atoms with E-state index in [2.05, 4.69) is 32.2 Å². The first-order chi connectivity index (χ1) is 8.43. The van der Waals surface area contributed by atoms with Crippen molar-refractivity contribution in [2.75, 3.05) is 13.7 Å². The van der Waals surface area contributed by atoms with Crippen LogP contribution in [0.4, 0.5) is 0 Å². The van der Waals surface area contributed by atoms with E-state index in [4.69, 9.17) is 0 Å². The molecule has 1 fully saturated rings. The van der Waals surface area contributed by atoms with Crippen LogP contribution in [0.5, 0.6) is 0 Å². The Labute approximate surface area is 111 Å². The van der Waals surface area contributed by atoms with Gasteiger partial charge in [0.05, 0.1) is 5.60 Å². The molecule has 0 aromatic rings. The van der Waals surface area contributed by atoms with E-state index in [0.717, 1.165) is 25.7 Å². The molecule has 3 heteroatoms. The van der Waals surface area contributed by atoms with E-state index < -0.39 is 5.60 Å². The van der Waals surface area contributed by atoms with Gasteiger partial charge < -0.3 is 15.5 Å². The zero-order valence-electron chi connectivity index (χ0n) is 12.2. The van der Waals surface area contributed by atoms with E-state index in [9.17, 15) is 10.2 Å². The quantitative estimate of drug-likeness (QED) is 0.706. The second-order valence-corrected chi connectivity index (χ2v) is 6.09. The summed E-state index contributed by atoms with van der Waals surface area (Å²) in [4.78, 5) is 0. The molecule has 3 nitrogen and oxygen atoms in total. The molecule has 4 unspecified atom stereocenters. The van der Waals surface area contributed by atoms with Crippen LogP contribution in [0.15, 0.2) is 12.3 Å². The lowest BCUT2D eigenvalue weighted by Gasteiger charge is -2.51. The van der Waals surface area contributed by atoms with Crippen molar-refractivity contribution >= 4 is 0 Å². The first-order valence-corrected chi connectivity index (χ1v) is 7.09. The minimum absolute atomic E-state index is 0.0560. The molecule has 0 bridgehead atoms. The Kier molecular flexibility index (Phi) is 5.23. The summed E-state index contributed by atoms with van der Waals surface area (Å²) >= 11 is 0. The van der Waals surface area contributed by atoms with Crippen molar-refractivity contribution in [1.82, 2.24) is 5.32 Å². The summed E-state index contributed by atoms with van der Waals surface area (Å²) in [5.74, 6) is 0.542. The Morgan fingerprint density at radius 1 is 1.39 bits per heavy atom. The number of allylic oxidation sites excluding steroid dienone is 1. The normalized spacial score (nSPS) is 41.2. The van der Waals surface area contributed by atoms with Crippen molar-refractivity contribution in [1.29, 1.82) is 0 Å². The first kappa shape index (κ1) is 15.5. The molecule has 0 heterocycles. The van der Waals surface area contributed by atoms with Crippen LogP contribution >= 0.6 is 0 Å². The van der Waals surface area contributed by atoms with Crippen molar-refractivity contribution in [2.45, 2.75) is 52.1 Å². The van der Waals surface area contributed by atoms with Gasteiger partial charge in [-0.3, -0.25) is 0 Å². The van der Waals surface area contributed by atoms with Gasteiger partial charge >= 0.3 is 0 Å². The van der Waals surface area contributed by atoms with Gasteiger partial charge in [-0.15, -0.1) is 0 Å². The lowest BCUT2D eigenvalue weighted by molar-refractivity contribution is -0.127. The molecule has 0 amide bonds. The molecule has 0 aromatic carbocycles. The number of aliphatic hydroxyl groups is 2. The Balaban J connectivity index is 2.90. The Hall–Kier alpha value is -0.540. The zero-order chi connectivity index (χ0) is 13.8. The topological polar surface area (TPSA) is 52.5 Å². The van der Waals surface area contributed by atoms with Gasteiger partial charge in [-0.1, -0.05) is 26.8 Å². The van der Waals surface area contributed by atoms with Gasteiger partial charge in [-0.2, -0.15) is 0 Å². The highest BCUT2D eigenvalue weighted by Gasteiger charge is 2.49. The Morgan fingerprint density at radius 3 is 2.56 bits per heavy atom. The lowest BCUT2D eigenvalue weighted by atomic mass is 9.56. The third-order valence-corrected chi connectivity index (χ3v) is 5.17. The van der Waals surface area contributed by atoms with Crippen molar-refractivity contribution in [2.24, 2.45) is 17.3 Å². The second kappa shape index (κ2) is 6.07. The second-order valence-electron chi connectivity index (χ2n) is 6.09. The highest BCUT2D eigenvalue weighted by Crippen LogP contribution is 2.50. The predicted octanol–water partition coefficient (Wildman–Crippen LogP) is 2.30. The average Bonchev–Trinajstić information content (AvgIpc) is 2.39. The lowest BCUT2D eigenvalue weighted by Crippen LogP contribution is -2.52. The minimum Gasteiger partial charge on any atom is -0.396 e. The largest absolute Gasteiger partial charge is 0.396 e. The Bertz CT molecular complexity index is 292. The molecule has 0 aromatic heterocycles. The molecule has 1 aliphatic rings. The molecule has 4 atom stereocenters. The standard InChI is InChI=1S/C15H29NO2/c1-5-15(18)9-8-14(3,11-17)12(2)13(15)7-6-10-16-4/h6,10,12-13,16-18H,5,7-9,11H2,1-4H3/b10-6-. The average molecular weight is 255 g/mol. The molecule has 0 spiro atoms. The molecule has 0 saturated heterocycles. The predicted molar refractivity (Wildman–Crippen MR) is 75.1 cm³/mol. The molecule has 0 aliphatic heterocycles. The summed E-state index contributed by atoms with van der Waals surface area (Å²) in [6, 6.07) is 0. The number of nitrogens with one attached hydrogen (secondary N) is 1. The fourth-order valence-electron chi connectivity index (χ4n) is 3.28. The fraction of sp³-hybridized carbons (Fsp3) is 0.867. The van der Waals surface area contributed by atoms with Crippen LogP contribution in [0.25, 0.3) is 0 Å². The zero-order valence-corrected chi connectivity index (χ0v) is 12.2. The smallest absolute Gasteiger partial charge is 0.0679 e. The number of hydrogen-bond donors (Lipinski definition) is 3. The van der Waals surface area contributed by atoms with Gasteiger partial charge in [0.1, 0.15) is 0 Å². The molecular formula is C15H29NO2. The first-order valence-electron chi connectivity index (χ1n) is 7.09. The van der Waals surface area contributed by atoms with Crippen LogP contribution in [0.1, 0.15) is 46.5 Å². The summed E-state index contributed by atoms with van der Waals surface area (Å²) in [5.41, 5.74) is -0.633. The highest BCUT2D eigenvalue weighted by atomic mass is 16.3. The molecule has 1 rings (SSSR count). The molecular weight excluding hydrogens is 226 g/mol. The van der Waals surface area contributed by atoms with Gasteiger partial charge in [-0.05, 0) is 49.1 Å². The molecule has 18 heavy (non-hydrogen) atoms. The van der Waals surface area contributed by atoms with Crippen molar-refractivity contribution < 1.29 is 10.2 Å². The van der Waals surface area contributed by atoms with E-state index in [0.29, 0.717) is 5.92 Å². The number of aliphatic hydroxyl groups excluding tert-OH is 1. The summed E-state index contributed by atoms with van der Waals surface area (Å²) < 4.78 is 0. The van der Waals surface area contributed by atoms with Crippen molar-refractivity contribution in [3.05, 3.63) is 12.3 Å². The maximum Gasteiger partial charge on any atom is 0.0679 e. The summed E-state index contributed by atoms with van der Waals surface area (Å²) in [5, 5.41) is 23.4. The van der Waals surface area contributed by atoms with Crippen molar-refractivity contribution in [3.8, 4) is 0 Å².